The Balaban J connectivity index is 1.75. The molecule has 0 saturated carbocycles. The maximum absolute atomic E-state index is 12.2. The van der Waals surface area contributed by atoms with E-state index in [1.165, 1.54) is 36.8 Å². The van der Waals surface area contributed by atoms with Crippen molar-refractivity contribution in [2.45, 2.75) is 52.9 Å². The minimum Gasteiger partial charge on any atom is -0.494 e. The summed E-state index contributed by atoms with van der Waals surface area (Å²) < 4.78 is 5.80. The summed E-state index contributed by atoms with van der Waals surface area (Å²) in [5, 5.41) is 6.08. The Bertz CT molecular complexity index is 728. The van der Waals surface area contributed by atoms with E-state index in [9.17, 15) is 4.79 Å². The molecule has 1 amide bonds. The first-order valence-electron chi connectivity index (χ1n) is 9.92. The van der Waals surface area contributed by atoms with Gasteiger partial charge in [0.1, 0.15) is 5.75 Å². The van der Waals surface area contributed by atoms with E-state index < -0.39 is 0 Å². The van der Waals surface area contributed by atoms with Gasteiger partial charge in [0.2, 0.25) is 5.91 Å². The third-order valence-corrected chi connectivity index (χ3v) is 4.59. The van der Waals surface area contributed by atoms with E-state index in [1.54, 1.807) is 0 Å². The fraction of sp³-hybridized carbons (Fsp3) is 0.435. The number of carbonyl (C=O) groups is 1. The van der Waals surface area contributed by atoms with Crippen molar-refractivity contribution in [1.82, 2.24) is 0 Å². The van der Waals surface area contributed by atoms with Crippen LogP contribution in [-0.4, -0.2) is 19.1 Å². The van der Waals surface area contributed by atoms with E-state index in [0.29, 0.717) is 0 Å². The topological polar surface area (TPSA) is 50.4 Å². The molecule has 0 bridgehead atoms. The molecule has 4 nitrogen and oxygen atoms in total. The van der Waals surface area contributed by atoms with E-state index in [0.717, 1.165) is 30.2 Å². The van der Waals surface area contributed by atoms with E-state index in [2.05, 4.69) is 43.5 Å². The van der Waals surface area contributed by atoms with Crippen LogP contribution in [0.4, 0.5) is 11.4 Å². The number of hydrogen-bond donors (Lipinski definition) is 2. The summed E-state index contributed by atoms with van der Waals surface area (Å²) >= 11 is 0. The molecule has 0 aliphatic heterocycles. The lowest BCUT2D eigenvalue weighted by Gasteiger charge is -2.11. The van der Waals surface area contributed by atoms with Gasteiger partial charge in [-0.1, -0.05) is 44.7 Å². The molecule has 0 saturated heterocycles. The smallest absolute Gasteiger partial charge is 0.243 e. The number of amides is 1. The predicted octanol–water partition coefficient (Wildman–Crippen LogP) is 5.70. The van der Waals surface area contributed by atoms with Crippen molar-refractivity contribution in [3.8, 4) is 5.75 Å². The van der Waals surface area contributed by atoms with Crippen LogP contribution in [0.1, 0.15) is 50.2 Å². The molecule has 0 spiro atoms. The van der Waals surface area contributed by atoms with E-state index in [4.69, 9.17) is 4.74 Å². The van der Waals surface area contributed by atoms with Gasteiger partial charge in [0.05, 0.1) is 13.2 Å². The number of nitrogens with one attached hydrogen (secondary N) is 2. The zero-order valence-electron chi connectivity index (χ0n) is 16.8. The first-order chi connectivity index (χ1) is 13.1. The van der Waals surface area contributed by atoms with Gasteiger partial charge in [0.15, 0.2) is 0 Å². The Morgan fingerprint density at radius 3 is 2.52 bits per heavy atom. The molecule has 2 aromatic rings. The summed E-state index contributed by atoms with van der Waals surface area (Å²) in [5.74, 6) is 0.718. The van der Waals surface area contributed by atoms with Crippen LogP contribution < -0.4 is 15.4 Å². The van der Waals surface area contributed by atoms with Gasteiger partial charge in [-0.3, -0.25) is 4.79 Å². The van der Waals surface area contributed by atoms with Gasteiger partial charge in [-0.25, -0.2) is 0 Å². The molecule has 0 aliphatic carbocycles. The summed E-state index contributed by atoms with van der Waals surface area (Å²) in [7, 11) is 0. The number of rotatable bonds is 11. The first-order valence-corrected chi connectivity index (χ1v) is 9.92. The molecule has 2 aromatic carbocycles. The van der Waals surface area contributed by atoms with Crippen molar-refractivity contribution in [1.29, 1.82) is 0 Å². The monoisotopic (exact) mass is 368 g/mol. The molecule has 0 radical (unpaired) electrons. The standard InChI is InChI=1S/C23H32N2O2/c1-4-5-6-7-8-14-27-22-11-9-10-21(16-22)25-23(26)17-24-20-13-12-18(2)19(3)15-20/h9-13,15-16,24H,4-8,14,17H2,1-3H3,(H,25,26). The molecule has 146 valence electrons. The predicted molar refractivity (Wildman–Crippen MR) is 114 cm³/mol. The maximum Gasteiger partial charge on any atom is 0.243 e. The molecule has 0 heterocycles. The average Bonchev–Trinajstić information content (AvgIpc) is 2.66. The second kappa shape index (κ2) is 11.3. The highest BCUT2D eigenvalue weighted by Gasteiger charge is 2.04. The van der Waals surface area contributed by atoms with Crippen molar-refractivity contribution in [2.24, 2.45) is 0 Å². The van der Waals surface area contributed by atoms with Crippen LogP contribution >= 0.6 is 0 Å². The highest BCUT2D eigenvalue weighted by atomic mass is 16.5. The number of benzene rings is 2. The Labute approximate surface area is 163 Å². The minimum atomic E-state index is -0.0788. The van der Waals surface area contributed by atoms with Gasteiger partial charge in [-0.2, -0.15) is 0 Å². The van der Waals surface area contributed by atoms with E-state index in [1.807, 2.05) is 30.3 Å². The lowest BCUT2D eigenvalue weighted by Crippen LogP contribution is -2.21. The number of ether oxygens (including phenoxy) is 1. The van der Waals surface area contributed by atoms with E-state index in [-0.39, 0.29) is 12.5 Å². The van der Waals surface area contributed by atoms with Gasteiger partial charge < -0.3 is 15.4 Å². The van der Waals surface area contributed by atoms with Gasteiger partial charge in [0.25, 0.3) is 0 Å². The van der Waals surface area contributed by atoms with Crippen molar-refractivity contribution in [3.63, 3.8) is 0 Å². The summed E-state index contributed by atoms with van der Waals surface area (Å²) in [6.45, 7) is 7.30. The van der Waals surface area contributed by atoms with Gasteiger partial charge in [-0.05, 0) is 55.7 Å². The van der Waals surface area contributed by atoms with Crippen LogP contribution in [0.5, 0.6) is 5.75 Å². The fourth-order valence-corrected chi connectivity index (χ4v) is 2.80. The number of carbonyl (C=O) groups excluding carboxylic acids is 1. The molecule has 2 N–H and O–H groups in total. The SMILES string of the molecule is CCCCCCCOc1cccc(NC(=O)CNc2ccc(C)c(C)c2)c1. The molecule has 0 fully saturated rings. The molecule has 0 atom stereocenters. The van der Waals surface area contributed by atoms with Gasteiger partial charge >= 0.3 is 0 Å². The zero-order chi connectivity index (χ0) is 19.5. The number of unbranched alkanes of at least 4 members (excludes halogenated alkanes) is 4. The largest absolute Gasteiger partial charge is 0.494 e. The molecular weight excluding hydrogens is 336 g/mol. The molecule has 4 heteroatoms. The third kappa shape index (κ3) is 7.73. The summed E-state index contributed by atoms with van der Waals surface area (Å²) in [5.41, 5.74) is 4.16. The quantitative estimate of drug-likeness (QED) is 0.500. The fourth-order valence-electron chi connectivity index (χ4n) is 2.80. The maximum atomic E-state index is 12.2. The minimum absolute atomic E-state index is 0.0788. The highest BCUT2D eigenvalue weighted by Crippen LogP contribution is 2.18. The number of anilines is 2. The van der Waals surface area contributed by atoms with Crippen LogP contribution in [0.15, 0.2) is 42.5 Å². The van der Waals surface area contributed by atoms with Crippen molar-refractivity contribution in [3.05, 3.63) is 53.6 Å². The van der Waals surface area contributed by atoms with Crippen LogP contribution in [0.2, 0.25) is 0 Å². The molecule has 0 aliphatic rings. The van der Waals surface area contributed by atoms with Crippen LogP contribution in [-0.2, 0) is 4.79 Å². The molecule has 0 aromatic heterocycles. The lowest BCUT2D eigenvalue weighted by molar-refractivity contribution is -0.114. The Kier molecular flexibility index (Phi) is 8.69. The first kappa shape index (κ1) is 20.8. The van der Waals surface area contributed by atoms with Crippen LogP contribution in [0.3, 0.4) is 0 Å². The Morgan fingerprint density at radius 2 is 1.74 bits per heavy atom. The van der Waals surface area contributed by atoms with Crippen molar-refractivity contribution < 1.29 is 9.53 Å². The number of aryl methyl sites for hydroxylation is 2. The Morgan fingerprint density at radius 1 is 0.926 bits per heavy atom. The van der Waals surface area contributed by atoms with Gasteiger partial charge in [-0.15, -0.1) is 0 Å². The second-order valence-corrected chi connectivity index (χ2v) is 6.99. The molecule has 2 rings (SSSR count). The van der Waals surface area contributed by atoms with Gasteiger partial charge in [0, 0.05) is 17.4 Å². The van der Waals surface area contributed by atoms with Crippen LogP contribution in [0.25, 0.3) is 0 Å². The zero-order valence-corrected chi connectivity index (χ0v) is 16.8. The van der Waals surface area contributed by atoms with Crippen molar-refractivity contribution in [2.75, 3.05) is 23.8 Å². The molecule has 0 unspecified atom stereocenters. The molecular formula is C23H32N2O2. The summed E-state index contributed by atoms with van der Waals surface area (Å²) in [4.78, 5) is 12.2. The van der Waals surface area contributed by atoms with E-state index >= 15 is 0 Å². The average molecular weight is 369 g/mol. The summed E-state index contributed by atoms with van der Waals surface area (Å²) in [6.07, 6.45) is 6.08. The summed E-state index contributed by atoms with van der Waals surface area (Å²) in [6, 6.07) is 13.7. The lowest BCUT2D eigenvalue weighted by atomic mass is 10.1. The highest BCUT2D eigenvalue weighted by molar-refractivity contribution is 5.93. The normalized spacial score (nSPS) is 10.5. The second-order valence-electron chi connectivity index (χ2n) is 6.99. The van der Waals surface area contributed by atoms with Crippen LogP contribution in [0, 0.1) is 13.8 Å². The third-order valence-electron chi connectivity index (χ3n) is 4.59. The Hall–Kier alpha value is -2.49. The molecule has 27 heavy (non-hydrogen) atoms. The van der Waals surface area contributed by atoms with Crippen molar-refractivity contribution >= 4 is 17.3 Å². The number of hydrogen-bond acceptors (Lipinski definition) is 3.